The van der Waals surface area contributed by atoms with Crippen molar-refractivity contribution in [2.75, 3.05) is 6.61 Å². The number of halogens is 3. The molecule has 2 heterocycles. The lowest BCUT2D eigenvalue weighted by Gasteiger charge is -2.37. The van der Waals surface area contributed by atoms with Crippen molar-refractivity contribution in [3.63, 3.8) is 0 Å². The van der Waals surface area contributed by atoms with Gasteiger partial charge in [-0.2, -0.15) is 0 Å². The van der Waals surface area contributed by atoms with E-state index in [1.807, 2.05) is 51.1 Å². The van der Waals surface area contributed by atoms with Crippen LogP contribution in [0.15, 0.2) is 58.1 Å². The maximum Gasteiger partial charge on any atom is 0.346 e. The summed E-state index contributed by atoms with van der Waals surface area (Å²) in [5, 5.41) is 1.37. The molecule has 4 nitrogen and oxygen atoms in total. The molecule has 2 aliphatic rings. The molecule has 2 atom stereocenters. The second kappa shape index (κ2) is 8.73. The first-order valence-corrected chi connectivity index (χ1v) is 11.9. The van der Waals surface area contributed by atoms with E-state index in [9.17, 15) is 9.18 Å². The number of rotatable bonds is 5. The summed E-state index contributed by atoms with van der Waals surface area (Å²) in [6, 6.07) is 11.9. The Morgan fingerprint density at radius 1 is 1.25 bits per heavy atom. The highest BCUT2D eigenvalue weighted by Crippen LogP contribution is 2.56. The van der Waals surface area contributed by atoms with E-state index in [2.05, 4.69) is 4.90 Å². The summed E-state index contributed by atoms with van der Waals surface area (Å²) in [5.41, 5.74) is 1.73. The lowest BCUT2D eigenvalue weighted by molar-refractivity contribution is -0.137. The second-order valence-corrected chi connectivity index (χ2v) is 10.0. The van der Waals surface area contributed by atoms with Gasteiger partial charge in [-0.05, 0) is 66.9 Å². The van der Waals surface area contributed by atoms with Gasteiger partial charge in [0, 0.05) is 10.7 Å². The van der Waals surface area contributed by atoms with E-state index in [1.165, 1.54) is 17.8 Å². The highest BCUT2D eigenvalue weighted by atomic mass is 35.5. The van der Waals surface area contributed by atoms with Gasteiger partial charge in [0.05, 0.1) is 17.7 Å². The van der Waals surface area contributed by atoms with Gasteiger partial charge in [-0.3, -0.25) is 0 Å². The molecular weight excluding hydrogens is 470 g/mol. The van der Waals surface area contributed by atoms with Gasteiger partial charge in [-0.15, -0.1) is 0 Å². The van der Waals surface area contributed by atoms with Gasteiger partial charge < -0.3 is 9.64 Å². The topological polar surface area (TPSA) is 41.9 Å². The molecule has 0 radical (unpaired) electrons. The van der Waals surface area contributed by atoms with Crippen molar-refractivity contribution < 1.29 is 13.9 Å². The number of hydrogen-bond acceptors (Lipinski definition) is 5. The quantitative estimate of drug-likeness (QED) is 0.424. The molecule has 2 aromatic rings. The standard InChI is InChI=1S/C24H23Cl2FN2O2S/c1-5-31-22(30)20-19(13(2)3)29-21(14-6-11-17(26)18(27)12-14)24(4,28-23(29)32-20)15-7-9-16(25)10-8-15/h6-13,21H,5H2,1-4H3. The minimum Gasteiger partial charge on any atom is -0.462 e. The summed E-state index contributed by atoms with van der Waals surface area (Å²) in [7, 11) is 0. The minimum absolute atomic E-state index is 0.0156. The van der Waals surface area contributed by atoms with Crippen LogP contribution in [0.3, 0.4) is 0 Å². The molecule has 0 fully saturated rings. The second-order valence-electron chi connectivity index (χ2n) is 8.19. The zero-order chi connectivity index (χ0) is 23.2. The van der Waals surface area contributed by atoms with E-state index in [4.69, 9.17) is 32.9 Å². The van der Waals surface area contributed by atoms with Crippen LogP contribution in [0.25, 0.3) is 0 Å². The number of nitrogens with zero attached hydrogens (tertiary/aromatic N) is 2. The molecule has 0 amide bonds. The Morgan fingerprint density at radius 2 is 1.94 bits per heavy atom. The Balaban J connectivity index is 1.91. The highest BCUT2D eigenvalue weighted by Gasteiger charge is 2.53. The number of allylic oxidation sites excluding steroid dienone is 1. The normalized spacial score (nSPS) is 22.4. The van der Waals surface area contributed by atoms with Crippen LogP contribution < -0.4 is 0 Å². The molecule has 32 heavy (non-hydrogen) atoms. The molecule has 0 bridgehead atoms. The van der Waals surface area contributed by atoms with Crippen molar-refractivity contribution in [1.82, 2.24) is 4.90 Å². The number of amidine groups is 1. The first kappa shape index (κ1) is 23.1. The highest BCUT2D eigenvalue weighted by molar-refractivity contribution is 8.18. The summed E-state index contributed by atoms with van der Waals surface area (Å²) >= 11 is 13.4. The van der Waals surface area contributed by atoms with Gasteiger partial charge in [0.15, 0.2) is 5.17 Å². The molecule has 0 N–H and O–H groups in total. The average Bonchev–Trinajstić information content (AvgIpc) is 3.23. The van der Waals surface area contributed by atoms with E-state index in [1.54, 1.807) is 13.0 Å². The maximum absolute atomic E-state index is 14.5. The fourth-order valence-corrected chi connectivity index (χ4v) is 5.84. The summed E-state index contributed by atoms with van der Waals surface area (Å²) in [6.45, 7) is 8.13. The van der Waals surface area contributed by atoms with Crippen LogP contribution in [0, 0.1) is 11.7 Å². The zero-order valence-corrected chi connectivity index (χ0v) is 20.5. The summed E-state index contributed by atoms with van der Waals surface area (Å²) in [6.07, 6.45) is 0. The number of carbonyl (C=O) groups excluding carboxylic acids is 1. The molecule has 0 aliphatic carbocycles. The number of carbonyl (C=O) groups is 1. The molecule has 0 spiro atoms. The Labute approximate surface area is 201 Å². The lowest BCUT2D eigenvalue weighted by atomic mass is 9.81. The smallest absolute Gasteiger partial charge is 0.346 e. The number of aliphatic imine (C=N–C) groups is 1. The Kier molecular flexibility index (Phi) is 6.31. The number of esters is 1. The molecule has 4 rings (SSSR count). The van der Waals surface area contributed by atoms with Crippen LogP contribution in [0.2, 0.25) is 10.0 Å². The van der Waals surface area contributed by atoms with E-state index in [0.717, 1.165) is 11.3 Å². The van der Waals surface area contributed by atoms with Crippen LogP contribution >= 0.6 is 35.0 Å². The van der Waals surface area contributed by atoms with Crippen LogP contribution in [0.1, 0.15) is 44.9 Å². The fourth-order valence-electron chi connectivity index (χ4n) is 4.29. The van der Waals surface area contributed by atoms with Gasteiger partial charge >= 0.3 is 5.97 Å². The van der Waals surface area contributed by atoms with Crippen molar-refractivity contribution in [2.24, 2.45) is 10.9 Å². The average molecular weight is 493 g/mol. The Bertz CT molecular complexity index is 1130. The molecule has 2 unspecified atom stereocenters. The summed E-state index contributed by atoms with van der Waals surface area (Å²) in [4.78, 5) is 20.4. The molecule has 0 saturated heterocycles. The van der Waals surface area contributed by atoms with Crippen molar-refractivity contribution in [3.05, 3.63) is 80.1 Å². The number of benzene rings is 2. The van der Waals surface area contributed by atoms with Gasteiger partial charge in [0.1, 0.15) is 16.3 Å². The fraction of sp³-hybridized carbons (Fsp3) is 0.333. The van der Waals surface area contributed by atoms with Crippen LogP contribution in [-0.2, 0) is 15.1 Å². The summed E-state index contributed by atoms with van der Waals surface area (Å²) in [5.74, 6) is -0.849. The number of ether oxygens (including phenoxy) is 1. The maximum atomic E-state index is 14.5. The van der Waals surface area contributed by atoms with Crippen LogP contribution in [-0.4, -0.2) is 22.6 Å². The molecule has 8 heteroatoms. The zero-order valence-electron chi connectivity index (χ0n) is 18.2. The molecule has 2 aliphatic heterocycles. The van der Waals surface area contributed by atoms with Crippen molar-refractivity contribution in [2.45, 2.75) is 39.3 Å². The lowest BCUT2D eigenvalue weighted by Crippen LogP contribution is -2.36. The van der Waals surface area contributed by atoms with Gasteiger partial charge in [0.2, 0.25) is 0 Å². The SMILES string of the molecule is CCOC(=O)C1=C(C(C)C)N2C(=NC(C)(c3ccc(Cl)cc3)C2c2ccc(Cl)c(F)c2)S1. The third-order valence-electron chi connectivity index (χ3n) is 5.71. The van der Waals surface area contributed by atoms with Gasteiger partial charge in [-0.25, -0.2) is 14.2 Å². The van der Waals surface area contributed by atoms with Gasteiger partial charge in [-0.1, -0.05) is 55.2 Å². The largest absolute Gasteiger partial charge is 0.462 e. The first-order chi connectivity index (χ1) is 15.2. The van der Waals surface area contributed by atoms with E-state index in [0.29, 0.717) is 20.7 Å². The Hall–Kier alpha value is -2.02. The monoisotopic (exact) mass is 492 g/mol. The number of fused-ring (bicyclic) bond motifs is 1. The molecule has 0 aromatic heterocycles. The molecular formula is C24H23Cl2FN2O2S. The molecule has 2 aromatic carbocycles. The van der Waals surface area contributed by atoms with Crippen molar-refractivity contribution >= 4 is 46.1 Å². The predicted molar refractivity (Wildman–Crippen MR) is 128 cm³/mol. The predicted octanol–water partition coefficient (Wildman–Crippen LogP) is 6.94. The van der Waals surface area contributed by atoms with Crippen molar-refractivity contribution in [3.8, 4) is 0 Å². The van der Waals surface area contributed by atoms with Gasteiger partial charge in [0.25, 0.3) is 0 Å². The number of hydrogen-bond donors (Lipinski definition) is 0. The third-order valence-corrected chi connectivity index (χ3v) is 7.31. The van der Waals surface area contributed by atoms with Crippen LogP contribution in [0.5, 0.6) is 0 Å². The van der Waals surface area contributed by atoms with Crippen LogP contribution in [0.4, 0.5) is 4.39 Å². The Morgan fingerprint density at radius 3 is 2.53 bits per heavy atom. The van der Waals surface area contributed by atoms with E-state index in [-0.39, 0.29) is 29.6 Å². The minimum atomic E-state index is -0.743. The van der Waals surface area contributed by atoms with E-state index >= 15 is 0 Å². The summed E-state index contributed by atoms with van der Waals surface area (Å²) < 4.78 is 19.9. The molecule has 168 valence electrons. The van der Waals surface area contributed by atoms with Crippen molar-refractivity contribution in [1.29, 1.82) is 0 Å². The first-order valence-electron chi connectivity index (χ1n) is 10.4. The third kappa shape index (κ3) is 3.82. The number of thioether (sulfide) groups is 1. The molecule has 0 saturated carbocycles. The van der Waals surface area contributed by atoms with E-state index < -0.39 is 11.4 Å².